The van der Waals surface area contributed by atoms with Gasteiger partial charge in [-0.3, -0.25) is 5.10 Å². The van der Waals surface area contributed by atoms with Crippen LogP contribution in [0.3, 0.4) is 0 Å². The van der Waals surface area contributed by atoms with E-state index in [1.54, 1.807) is 0 Å². The third-order valence-electron chi connectivity index (χ3n) is 3.34. The van der Waals surface area contributed by atoms with Crippen LogP contribution in [0.25, 0.3) is 11.4 Å². The molecule has 1 aromatic heterocycles. The first-order chi connectivity index (χ1) is 11.8. The number of aromatic amines is 1. The number of hydrogen-bond donors (Lipinski definition) is 3. The van der Waals surface area contributed by atoms with Crippen LogP contribution in [0.5, 0.6) is 0 Å². The fourth-order valence-electron chi connectivity index (χ4n) is 2.20. The average molecular weight is 458 g/mol. The van der Waals surface area contributed by atoms with Crippen molar-refractivity contribution in [1.82, 2.24) is 25.8 Å². The molecule has 0 amide bonds. The van der Waals surface area contributed by atoms with Gasteiger partial charge in [-0.05, 0) is 31.9 Å². The van der Waals surface area contributed by atoms with Crippen molar-refractivity contribution >= 4 is 29.9 Å². The van der Waals surface area contributed by atoms with Gasteiger partial charge in [-0.2, -0.15) is 5.10 Å². The minimum atomic E-state index is 0. The third kappa shape index (κ3) is 7.82. The van der Waals surface area contributed by atoms with E-state index in [4.69, 9.17) is 4.74 Å². The molecule has 0 spiro atoms. The van der Waals surface area contributed by atoms with Crippen molar-refractivity contribution in [2.24, 2.45) is 4.99 Å². The molecule has 0 aliphatic carbocycles. The lowest BCUT2D eigenvalue weighted by Crippen LogP contribution is -2.38. The summed E-state index contributed by atoms with van der Waals surface area (Å²) in [4.78, 5) is 8.81. The zero-order valence-electron chi connectivity index (χ0n) is 14.8. The molecule has 2 aromatic rings. The number of hydrogen-bond acceptors (Lipinski definition) is 4. The smallest absolute Gasteiger partial charge is 0.191 e. The normalized spacial score (nSPS) is 11.0. The molecule has 1 heterocycles. The first kappa shape index (κ1) is 21.4. The van der Waals surface area contributed by atoms with Gasteiger partial charge in [0.05, 0.1) is 6.54 Å². The van der Waals surface area contributed by atoms with Gasteiger partial charge in [-0.1, -0.05) is 18.2 Å². The summed E-state index contributed by atoms with van der Waals surface area (Å²) < 4.78 is 5.34. The van der Waals surface area contributed by atoms with Crippen molar-refractivity contribution in [1.29, 1.82) is 0 Å². The van der Waals surface area contributed by atoms with E-state index in [1.165, 1.54) is 6.33 Å². The summed E-state index contributed by atoms with van der Waals surface area (Å²) in [6, 6.07) is 8.14. The number of aliphatic imine (C=N–C) groups is 1. The second kappa shape index (κ2) is 12.6. The van der Waals surface area contributed by atoms with Gasteiger partial charge >= 0.3 is 0 Å². The van der Waals surface area contributed by atoms with E-state index in [9.17, 15) is 0 Å². The molecule has 138 valence electrons. The van der Waals surface area contributed by atoms with Crippen LogP contribution in [0.1, 0.15) is 25.8 Å². The van der Waals surface area contributed by atoms with Crippen LogP contribution in [-0.4, -0.2) is 47.4 Å². The Morgan fingerprint density at radius 3 is 2.88 bits per heavy atom. The summed E-state index contributed by atoms with van der Waals surface area (Å²) in [7, 11) is 0. The van der Waals surface area contributed by atoms with Gasteiger partial charge in [-0.25, -0.2) is 9.98 Å². The SMILES string of the molecule is CCNC(=NCc1cccc(-c2ncn[nH]2)c1)NCCCOCC.I. The predicted molar refractivity (Wildman–Crippen MR) is 111 cm³/mol. The largest absolute Gasteiger partial charge is 0.382 e. The summed E-state index contributed by atoms with van der Waals surface area (Å²) in [6.07, 6.45) is 2.47. The maximum atomic E-state index is 5.34. The van der Waals surface area contributed by atoms with Gasteiger partial charge < -0.3 is 15.4 Å². The topological polar surface area (TPSA) is 87.2 Å². The van der Waals surface area contributed by atoms with Gasteiger partial charge in [0.1, 0.15) is 6.33 Å². The number of halogens is 1. The number of benzene rings is 1. The standard InChI is InChI=1S/C17H26N6O.HI/c1-3-18-17(19-9-6-10-24-4-2)20-12-14-7-5-8-15(11-14)16-21-13-22-23-16;/h5,7-8,11,13H,3-4,6,9-10,12H2,1-2H3,(H2,18,19,20)(H,21,22,23);1H. The molecule has 0 fully saturated rings. The van der Waals surface area contributed by atoms with Crippen LogP contribution >= 0.6 is 24.0 Å². The number of ether oxygens (including phenoxy) is 1. The maximum absolute atomic E-state index is 5.34. The molecular formula is C17H27IN6O. The van der Waals surface area contributed by atoms with Crippen LogP contribution in [0, 0.1) is 0 Å². The van der Waals surface area contributed by atoms with E-state index >= 15 is 0 Å². The van der Waals surface area contributed by atoms with Crippen molar-refractivity contribution in [3.05, 3.63) is 36.2 Å². The molecule has 7 nitrogen and oxygen atoms in total. The van der Waals surface area contributed by atoms with E-state index in [0.29, 0.717) is 6.54 Å². The van der Waals surface area contributed by atoms with Gasteiger partial charge in [0.2, 0.25) is 0 Å². The molecular weight excluding hydrogens is 431 g/mol. The molecule has 1 aromatic carbocycles. The number of H-pyrrole nitrogens is 1. The Balaban J connectivity index is 0.00000312. The Kier molecular flexibility index (Phi) is 10.8. The van der Waals surface area contributed by atoms with E-state index < -0.39 is 0 Å². The number of aromatic nitrogens is 3. The highest BCUT2D eigenvalue weighted by atomic mass is 127. The van der Waals surface area contributed by atoms with Crippen molar-refractivity contribution in [2.75, 3.05) is 26.3 Å². The molecule has 0 saturated heterocycles. The Bertz CT molecular complexity index is 617. The van der Waals surface area contributed by atoms with Crippen LogP contribution in [-0.2, 0) is 11.3 Å². The molecule has 0 unspecified atom stereocenters. The molecule has 25 heavy (non-hydrogen) atoms. The van der Waals surface area contributed by atoms with Crippen molar-refractivity contribution in [3.63, 3.8) is 0 Å². The molecule has 0 aliphatic rings. The Morgan fingerprint density at radius 1 is 1.28 bits per heavy atom. The minimum absolute atomic E-state index is 0. The molecule has 0 aliphatic heterocycles. The molecule has 3 N–H and O–H groups in total. The Labute approximate surface area is 166 Å². The second-order valence-corrected chi connectivity index (χ2v) is 5.21. The summed E-state index contributed by atoms with van der Waals surface area (Å²) in [5.74, 6) is 1.58. The van der Waals surface area contributed by atoms with Gasteiger partial charge in [0.15, 0.2) is 11.8 Å². The molecule has 2 rings (SSSR count). The van der Waals surface area contributed by atoms with Crippen LogP contribution in [0.15, 0.2) is 35.6 Å². The van der Waals surface area contributed by atoms with E-state index in [1.807, 2.05) is 19.1 Å². The fourth-order valence-corrected chi connectivity index (χ4v) is 2.20. The van der Waals surface area contributed by atoms with Crippen LogP contribution in [0.4, 0.5) is 0 Å². The zero-order chi connectivity index (χ0) is 17.0. The van der Waals surface area contributed by atoms with Gasteiger partial charge in [-0.15, -0.1) is 24.0 Å². The molecule has 8 heteroatoms. The third-order valence-corrected chi connectivity index (χ3v) is 3.34. The van der Waals surface area contributed by atoms with Crippen molar-refractivity contribution < 1.29 is 4.74 Å². The summed E-state index contributed by atoms with van der Waals surface area (Å²) >= 11 is 0. The summed E-state index contributed by atoms with van der Waals surface area (Å²) in [5, 5.41) is 13.3. The average Bonchev–Trinajstić information content (AvgIpc) is 3.14. The summed E-state index contributed by atoms with van der Waals surface area (Å²) in [6.45, 7) is 7.85. The first-order valence-corrected chi connectivity index (χ1v) is 8.38. The lowest BCUT2D eigenvalue weighted by molar-refractivity contribution is 0.145. The van der Waals surface area contributed by atoms with Crippen LogP contribution < -0.4 is 10.6 Å². The van der Waals surface area contributed by atoms with E-state index in [2.05, 4.69) is 49.9 Å². The predicted octanol–water partition coefficient (Wildman–Crippen LogP) is 2.57. The highest BCUT2D eigenvalue weighted by Gasteiger charge is 2.02. The van der Waals surface area contributed by atoms with Crippen LogP contribution in [0.2, 0.25) is 0 Å². The second-order valence-electron chi connectivity index (χ2n) is 5.21. The van der Waals surface area contributed by atoms with Gasteiger partial charge in [0, 0.05) is 31.9 Å². The number of nitrogens with one attached hydrogen (secondary N) is 3. The molecule has 0 radical (unpaired) electrons. The molecule has 0 saturated carbocycles. The lowest BCUT2D eigenvalue weighted by atomic mass is 10.1. The minimum Gasteiger partial charge on any atom is -0.382 e. The first-order valence-electron chi connectivity index (χ1n) is 8.38. The highest BCUT2D eigenvalue weighted by molar-refractivity contribution is 14.0. The van der Waals surface area contributed by atoms with E-state index in [0.717, 1.165) is 55.6 Å². The van der Waals surface area contributed by atoms with Crippen molar-refractivity contribution in [2.45, 2.75) is 26.8 Å². The van der Waals surface area contributed by atoms with Gasteiger partial charge in [0.25, 0.3) is 0 Å². The number of guanidine groups is 1. The zero-order valence-corrected chi connectivity index (χ0v) is 17.1. The fraction of sp³-hybridized carbons (Fsp3) is 0.471. The summed E-state index contributed by atoms with van der Waals surface area (Å²) in [5.41, 5.74) is 2.13. The Hall–Kier alpha value is -1.68. The lowest BCUT2D eigenvalue weighted by Gasteiger charge is -2.11. The number of rotatable bonds is 9. The van der Waals surface area contributed by atoms with E-state index in [-0.39, 0.29) is 24.0 Å². The molecule has 0 bridgehead atoms. The van der Waals surface area contributed by atoms with Crippen molar-refractivity contribution in [3.8, 4) is 11.4 Å². The maximum Gasteiger partial charge on any atom is 0.191 e. The highest BCUT2D eigenvalue weighted by Crippen LogP contribution is 2.15. The quantitative estimate of drug-likeness (QED) is 0.233. The molecule has 0 atom stereocenters. The number of nitrogens with zero attached hydrogens (tertiary/aromatic N) is 3. The monoisotopic (exact) mass is 458 g/mol. The Morgan fingerprint density at radius 2 is 2.16 bits per heavy atom.